The molecule has 19 heavy (non-hydrogen) atoms. The molecule has 0 unspecified atom stereocenters. The number of anilines is 1. The molecule has 5 heteroatoms. The quantitative estimate of drug-likeness (QED) is 0.882. The molecule has 2 aromatic rings. The third kappa shape index (κ3) is 4.20. The van der Waals surface area contributed by atoms with Gasteiger partial charge in [-0.15, -0.1) is 11.3 Å². The summed E-state index contributed by atoms with van der Waals surface area (Å²) in [6.07, 6.45) is 0. The molecular formula is C14H18ClN3S. The van der Waals surface area contributed by atoms with E-state index in [-0.39, 0.29) is 0 Å². The molecule has 0 aliphatic heterocycles. The number of likely N-dealkylation sites (N-methyl/N-ethyl adjacent to an activating group) is 1. The topological polar surface area (TPSA) is 28.2 Å². The molecule has 1 N–H and O–H groups in total. The SMILES string of the molecule is Cc1ncsc1CN(C)CCNc1ccccc1Cl. The number of nitrogens with one attached hydrogen (secondary N) is 1. The van der Waals surface area contributed by atoms with Crippen molar-refractivity contribution in [1.82, 2.24) is 9.88 Å². The second-order valence-electron chi connectivity index (χ2n) is 4.51. The largest absolute Gasteiger partial charge is 0.383 e. The van der Waals surface area contributed by atoms with Gasteiger partial charge in [0.1, 0.15) is 0 Å². The average Bonchev–Trinajstić information content (AvgIpc) is 2.77. The lowest BCUT2D eigenvalue weighted by Crippen LogP contribution is -2.24. The zero-order valence-corrected chi connectivity index (χ0v) is 12.8. The summed E-state index contributed by atoms with van der Waals surface area (Å²) in [7, 11) is 2.12. The maximum atomic E-state index is 6.09. The van der Waals surface area contributed by atoms with Crippen LogP contribution in [-0.2, 0) is 6.54 Å². The lowest BCUT2D eigenvalue weighted by Gasteiger charge is -2.17. The summed E-state index contributed by atoms with van der Waals surface area (Å²) < 4.78 is 0. The molecule has 102 valence electrons. The zero-order valence-electron chi connectivity index (χ0n) is 11.2. The van der Waals surface area contributed by atoms with Gasteiger partial charge < -0.3 is 5.32 Å². The van der Waals surface area contributed by atoms with E-state index < -0.39 is 0 Å². The Labute approximate surface area is 123 Å². The normalized spacial score (nSPS) is 10.9. The first-order valence-corrected chi connectivity index (χ1v) is 7.48. The van der Waals surface area contributed by atoms with Gasteiger partial charge in [-0.1, -0.05) is 23.7 Å². The van der Waals surface area contributed by atoms with Crippen molar-refractivity contribution in [3.8, 4) is 0 Å². The number of aryl methyl sites for hydroxylation is 1. The molecule has 0 saturated heterocycles. The molecule has 3 nitrogen and oxygen atoms in total. The number of para-hydroxylation sites is 1. The Bertz CT molecular complexity index is 527. The Morgan fingerprint density at radius 2 is 2.16 bits per heavy atom. The minimum absolute atomic E-state index is 0.767. The van der Waals surface area contributed by atoms with E-state index in [1.54, 1.807) is 11.3 Å². The fourth-order valence-electron chi connectivity index (χ4n) is 1.79. The highest BCUT2D eigenvalue weighted by Crippen LogP contribution is 2.20. The molecule has 0 amide bonds. The molecule has 1 heterocycles. The highest BCUT2D eigenvalue weighted by molar-refractivity contribution is 7.09. The Hall–Kier alpha value is -1.10. The predicted octanol–water partition coefficient (Wildman–Crippen LogP) is 3.65. The molecule has 0 atom stereocenters. The van der Waals surface area contributed by atoms with E-state index in [2.05, 4.69) is 29.2 Å². The molecule has 0 bridgehead atoms. The lowest BCUT2D eigenvalue weighted by molar-refractivity contribution is 0.342. The van der Waals surface area contributed by atoms with Gasteiger partial charge in [-0.2, -0.15) is 0 Å². The first kappa shape index (κ1) is 14.3. The van der Waals surface area contributed by atoms with E-state index in [0.29, 0.717) is 0 Å². The Balaban J connectivity index is 1.77. The highest BCUT2D eigenvalue weighted by atomic mass is 35.5. The monoisotopic (exact) mass is 295 g/mol. The standard InChI is InChI=1S/C14H18ClN3S/c1-11-14(19-10-17-11)9-18(2)8-7-16-13-6-4-3-5-12(13)15/h3-6,10,16H,7-9H2,1-2H3. The van der Waals surface area contributed by atoms with Crippen LogP contribution in [0.15, 0.2) is 29.8 Å². The van der Waals surface area contributed by atoms with Crippen LogP contribution in [0, 0.1) is 6.92 Å². The van der Waals surface area contributed by atoms with E-state index in [1.807, 2.05) is 29.8 Å². The van der Waals surface area contributed by atoms with Crippen molar-refractivity contribution in [2.24, 2.45) is 0 Å². The number of aromatic nitrogens is 1. The van der Waals surface area contributed by atoms with Gasteiger partial charge in [0.2, 0.25) is 0 Å². The van der Waals surface area contributed by atoms with Gasteiger partial charge in [-0.25, -0.2) is 4.98 Å². The smallest absolute Gasteiger partial charge is 0.0798 e. The Morgan fingerprint density at radius 1 is 1.37 bits per heavy atom. The van der Waals surface area contributed by atoms with Crippen LogP contribution in [0.25, 0.3) is 0 Å². The molecular weight excluding hydrogens is 278 g/mol. The van der Waals surface area contributed by atoms with Crippen LogP contribution in [0.5, 0.6) is 0 Å². The van der Waals surface area contributed by atoms with Crippen molar-refractivity contribution < 1.29 is 0 Å². The maximum Gasteiger partial charge on any atom is 0.0798 e. The summed E-state index contributed by atoms with van der Waals surface area (Å²) in [4.78, 5) is 7.88. The number of halogens is 1. The Morgan fingerprint density at radius 3 is 2.84 bits per heavy atom. The van der Waals surface area contributed by atoms with Crippen molar-refractivity contribution in [3.63, 3.8) is 0 Å². The van der Waals surface area contributed by atoms with Crippen LogP contribution >= 0.6 is 22.9 Å². The van der Waals surface area contributed by atoms with Crippen LogP contribution < -0.4 is 5.32 Å². The Kier molecular flexibility index (Phi) is 5.19. The molecule has 1 aromatic heterocycles. The summed E-state index contributed by atoms with van der Waals surface area (Å²) >= 11 is 7.81. The zero-order chi connectivity index (χ0) is 13.7. The lowest BCUT2D eigenvalue weighted by atomic mass is 10.3. The average molecular weight is 296 g/mol. The molecule has 0 fully saturated rings. The van der Waals surface area contributed by atoms with Gasteiger partial charge in [0.15, 0.2) is 0 Å². The number of hydrogen-bond donors (Lipinski definition) is 1. The minimum atomic E-state index is 0.767. The van der Waals surface area contributed by atoms with Crippen LogP contribution in [0.2, 0.25) is 5.02 Å². The van der Waals surface area contributed by atoms with E-state index in [4.69, 9.17) is 11.6 Å². The van der Waals surface area contributed by atoms with Crippen LogP contribution in [-0.4, -0.2) is 30.0 Å². The fourth-order valence-corrected chi connectivity index (χ4v) is 2.85. The van der Waals surface area contributed by atoms with E-state index in [0.717, 1.165) is 36.0 Å². The van der Waals surface area contributed by atoms with E-state index >= 15 is 0 Å². The van der Waals surface area contributed by atoms with Gasteiger partial charge >= 0.3 is 0 Å². The van der Waals surface area contributed by atoms with Crippen molar-refractivity contribution >= 4 is 28.6 Å². The third-order valence-electron chi connectivity index (χ3n) is 2.94. The van der Waals surface area contributed by atoms with E-state index in [1.165, 1.54) is 4.88 Å². The number of benzene rings is 1. The van der Waals surface area contributed by atoms with Crippen molar-refractivity contribution in [3.05, 3.63) is 45.4 Å². The molecule has 0 aliphatic carbocycles. The molecule has 0 spiro atoms. The second-order valence-corrected chi connectivity index (χ2v) is 5.85. The third-order valence-corrected chi connectivity index (χ3v) is 4.19. The van der Waals surface area contributed by atoms with Crippen molar-refractivity contribution in [2.45, 2.75) is 13.5 Å². The van der Waals surface area contributed by atoms with E-state index in [9.17, 15) is 0 Å². The number of nitrogens with zero attached hydrogens (tertiary/aromatic N) is 2. The van der Waals surface area contributed by atoms with Crippen molar-refractivity contribution in [1.29, 1.82) is 0 Å². The first-order chi connectivity index (χ1) is 9.16. The van der Waals surface area contributed by atoms with Gasteiger partial charge in [0.05, 0.1) is 21.9 Å². The summed E-state index contributed by atoms with van der Waals surface area (Å²) in [6, 6.07) is 7.81. The summed E-state index contributed by atoms with van der Waals surface area (Å²) in [6.45, 7) is 4.84. The van der Waals surface area contributed by atoms with Crippen LogP contribution in [0.3, 0.4) is 0 Å². The minimum Gasteiger partial charge on any atom is -0.383 e. The van der Waals surface area contributed by atoms with Crippen molar-refractivity contribution in [2.75, 3.05) is 25.5 Å². The molecule has 2 rings (SSSR count). The molecule has 0 aliphatic rings. The molecule has 0 saturated carbocycles. The maximum absolute atomic E-state index is 6.09. The van der Waals surface area contributed by atoms with Crippen LogP contribution in [0.1, 0.15) is 10.6 Å². The number of thiazole rings is 1. The van der Waals surface area contributed by atoms with Gasteiger partial charge in [-0.3, -0.25) is 4.90 Å². The van der Waals surface area contributed by atoms with Gasteiger partial charge in [-0.05, 0) is 26.1 Å². The second kappa shape index (κ2) is 6.89. The van der Waals surface area contributed by atoms with Gasteiger partial charge in [0.25, 0.3) is 0 Å². The van der Waals surface area contributed by atoms with Crippen LogP contribution in [0.4, 0.5) is 5.69 Å². The van der Waals surface area contributed by atoms with Gasteiger partial charge in [0, 0.05) is 24.5 Å². The number of rotatable bonds is 6. The predicted molar refractivity (Wildman–Crippen MR) is 83.1 cm³/mol. The summed E-state index contributed by atoms with van der Waals surface area (Å²) in [5.74, 6) is 0. The first-order valence-electron chi connectivity index (χ1n) is 6.22. The molecule has 1 aromatic carbocycles. The summed E-state index contributed by atoms with van der Waals surface area (Å²) in [5, 5.41) is 4.12. The molecule has 0 radical (unpaired) electrons. The fraction of sp³-hybridized carbons (Fsp3) is 0.357. The summed E-state index contributed by atoms with van der Waals surface area (Å²) in [5.41, 5.74) is 4.03. The number of hydrogen-bond acceptors (Lipinski definition) is 4. The highest BCUT2D eigenvalue weighted by Gasteiger charge is 2.05.